The van der Waals surface area contributed by atoms with E-state index in [0.29, 0.717) is 18.9 Å². The van der Waals surface area contributed by atoms with Gasteiger partial charge in [0.2, 0.25) is 21.9 Å². The summed E-state index contributed by atoms with van der Waals surface area (Å²) in [5, 5.41) is 2.83. The van der Waals surface area contributed by atoms with Crippen molar-refractivity contribution in [2.45, 2.75) is 51.6 Å². The van der Waals surface area contributed by atoms with Crippen molar-refractivity contribution in [2.24, 2.45) is 5.92 Å². The predicted molar refractivity (Wildman–Crippen MR) is 119 cm³/mol. The second-order valence-corrected chi connectivity index (χ2v) is 9.49. The minimum atomic E-state index is -3.84. The Morgan fingerprint density at radius 2 is 1.77 bits per heavy atom. The highest BCUT2D eigenvalue weighted by atomic mass is 32.2. The molecule has 30 heavy (non-hydrogen) atoms. The minimum absolute atomic E-state index is 0.117. The normalized spacial score (nSPS) is 13.0. The standard InChI is InChI=1S/C22H28N4O3S/c1-5-26-20-9-7-6-8-18(20)23-22(26)24-21(27)19(14-15(2)3)25-30(28,29)17-12-10-16(4)11-13-17/h6-13,15,19,25H,5,14H2,1-4H3,(H,23,24,27). The molecule has 0 saturated heterocycles. The van der Waals surface area contributed by atoms with Crippen LogP contribution in [0.1, 0.15) is 32.8 Å². The molecule has 0 aliphatic carbocycles. The quantitative estimate of drug-likeness (QED) is 0.572. The Morgan fingerprint density at radius 1 is 1.10 bits per heavy atom. The molecule has 1 heterocycles. The van der Waals surface area contributed by atoms with E-state index >= 15 is 0 Å². The number of anilines is 1. The molecule has 160 valence electrons. The Bertz CT molecular complexity index is 1130. The van der Waals surface area contributed by atoms with E-state index in [-0.39, 0.29) is 10.8 Å². The van der Waals surface area contributed by atoms with Crippen LogP contribution in [-0.4, -0.2) is 29.9 Å². The van der Waals surface area contributed by atoms with E-state index in [9.17, 15) is 13.2 Å². The molecule has 3 rings (SSSR count). The number of aromatic nitrogens is 2. The van der Waals surface area contributed by atoms with Crippen LogP contribution in [0.3, 0.4) is 0 Å². The smallest absolute Gasteiger partial charge is 0.244 e. The van der Waals surface area contributed by atoms with E-state index in [1.807, 2.05) is 56.5 Å². The van der Waals surface area contributed by atoms with Crippen LogP contribution in [-0.2, 0) is 21.4 Å². The van der Waals surface area contributed by atoms with Gasteiger partial charge in [0, 0.05) is 6.54 Å². The summed E-state index contributed by atoms with van der Waals surface area (Å²) in [5.74, 6) is 0.0999. The van der Waals surface area contributed by atoms with Crippen LogP contribution in [0.2, 0.25) is 0 Å². The van der Waals surface area contributed by atoms with E-state index in [2.05, 4.69) is 15.0 Å². The molecule has 1 aromatic heterocycles. The summed E-state index contributed by atoms with van der Waals surface area (Å²) < 4.78 is 30.2. The molecule has 1 atom stereocenters. The van der Waals surface area contributed by atoms with Crippen LogP contribution >= 0.6 is 0 Å². The summed E-state index contributed by atoms with van der Waals surface area (Å²) in [6.45, 7) is 8.37. The fraction of sp³-hybridized carbons (Fsp3) is 0.364. The maximum atomic E-state index is 13.1. The number of nitrogens with one attached hydrogen (secondary N) is 2. The first-order chi connectivity index (χ1) is 14.2. The highest BCUT2D eigenvalue weighted by molar-refractivity contribution is 7.89. The fourth-order valence-electron chi connectivity index (χ4n) is 3.34. The molecular formula is C22H28N4O3S. The summed E-state index contributed by atoms with van der Waals surface area (Å²) in [4.78, 5) is 17.7. The average molecular weight is 429 g/mol. The minimum Gasteiger partial charge on any atom is -0.310 e. The molecule has 0 aliphatic heterocycles. The third-order valence-electron chi connectivity index (χ3n) is 4.86. The van der Waals surface area contributed by atoms with Gasteiger partial charge in [-0.25, -0.2) is 13.4 Å². The van der Waals surface area contributed by atoms with Gasteiger partial charge in [0.05, 0.1) is 15.9 Å². The zero-order valence-electron chi connectivity index (χ0n) is 17.7. The number of hydrogen-bond donors (Lipinski definition) is 2. The average Bonchev–Trinajstić information content (AvgIpc) is 3.04. The SMILES string of the molecule is CCn1c(NC(=O)C(CC(C)C)NS(=O)(=O)c2ccc(C)cc2)nc2ccccc21. The summed E-state index contributed by atoms with van der Waals surface area (Å²) in [7, 11) is -3.84. The molecule has 3 aromatic rings. The number of carbonyl (C=O) groups is 1. The lowest BCUT2D eigenvalue weighted by Crippen LogP contribution is -2.44. The van der Waals surface area contributed by atoms with Gasteiger partial charge in [-0.3, -0.25) is 10.1 Å². The van der Waals surface area contributed by atoms with Crippen LogP contribution in [0.15, 0.2) is 53.4 Å². The van der Waals surface area contributed by atoms with Crippen molar-refractivity contribution in [3.63, 3.8) is 0 Å². The molecular weight excluding hydrogens is 400 g/mol. The maximum absolute atomic E-state index is 13.1. The van der Waals surface area contributed by atoms with Crippen molar-refractivity contribution in [3.05, 3.63) is 54.1 Å². The Balaban J connectivity index is 1.87. The second kappa shape index (κ2) is 8.97. The predicted octanol–water partition coefficient (Wildman–Crippen LogP) is 3.70. The lowest BCUT2D eigenvalue weighted by Gasteiger charge is -2.20. The second-order valence-electron chi connectivity index (χ2n) is 7.77. The van der Waals surface area contributed by atoms with Gasteiger partial charge < -0.3 is 4.57 Å². The first-order valence-corrected chi connectivity index (χ1v) is 11.5. The highest BCUT2D eigenvalue weighted by Gasteiger charge is 2.27. The number of benzene rings is 2. The van der Waals surface area contributed by atoms with Crippen LogP contribution in [0.4, 0.5) is 5.95 Å². The Hall–Kier alpha value is -2.71. The third-order valence-corrected chi connectivity index (χ3v) is 6.35. The van der Waals surface area contributed by atoms with Gasteiger partial charge in [0.15, 0.2) is 0 Å². The van der Waals surface area contributed by atoms with Crippen LogP contribution < -0.4 is 10.0 Å². The summed E-state index contributed by atoms with van der Waals surface area (Å²) in [6, 6.07) is 13.2. The summed E-state index contributed by atoms with van der Waals surface area (Å²) in [5.41, 5.74) is 2.65. The largest absolute Gasteiger partial charge is 0.310 e. The van der Waals surface area contributed by atoms with Crippen molar-refractivity contribution in [1.82, 2.24) is 14.3 Å². The van der Waals surface area contributed by atoms with Gasteiger partial charge >= 0.3 is 0 Å². The Morgan fingerprint density at radius 3 is 2.40 bits per heavy atom. The van der Waals surface area contributed by atoms with E-state index in [1.165, 1.54) is 0 Å². The zero-order valence-corrected chi connectivity index (χ0v) is 18.5. The molecule has 2 N–H and O–H groups in total. The van der Waals surface area contributed by atoms with Gasteiger partial charge in [-0.05, 0) is 50.5 Å². The molecule has 0 fully saturated rings. The van der Waals surface area contributed by atoms with Gasteiger partial charge in [0.1, 0.15) is 6.04 Å². The molecule has 2 aromatic carbocycles. The fourth-order valence-corrected chi connectivity index (χ4v) is 4.55. The van der Waals surface area contributed by atoms with Gasteiger partial charge in [-0.1, -0.05) is 43.7 Å². The summed E-state index contributed by atoms with van der Waals surface area (Å²) in [6.07, 6.45) is 0.364. The number of imidazole rings is 1. The van der Waals surface area contributed by atoms with Gasteiger partial charge in [-0.2, -0.15) is 4.72 Å². The van der Waals surface area contributed by atoms with E-state index in [4.69, 9.17) is 0 Å². The number of amides is 1. The molecule has 1 unspecified atom stereocenters. The van der Waals surface area contributed by atoms with Crippen LogP contribution in [0.5, 0.6) is 0 Å². The summed E-state index contributed by atoms with van der Waals surface area (Å²) >= 11 is 0. The number of hydrogen-bond acceptors (Lipinski definition) is 4. The highest BCUT2D eigenvalue weighted by Crippen LogP contribution is 2.20. The Labute approximate surface area is 177 Å². The molecule has 7 nitrogen and oxygen atoms in total. The van der Waals surface area contributed by atoms with Crippen molar-refractivity contribution in [2.75, 3.05) is 5.32 Å². The molecule has 0 aliphatic rings. The zero-order chi connectivity index (χ0) is 21.9. The van der Waals surface area contributed by atoms with Crippen molar-refractivity contribution in [3.8, 4) is 0 Å². The number of rotatable bonds is 8. The number of aryl methyl sites for hydroxylation is 2. The number of para-hydroxylation sites is 2. The van der Waals surface area contributed by atoms with E-state index in [0.717, 1.165) is 16.6 Å². The topological polar surface area (TPSA) is 93.1 Å². The number of carbonyl (C=O) groups excluding carboxylic acids is 1. The molecule has 1 amide bonds. The van der Waals surface area contributed by atoms with Crippen LogP contribution in [0, 0.1) is 12.8 Å². The number of sulfonamides is 1. The molecule has 8 heteroatoms. The van der Waals surface area contributed by atoms with Crippen molar-refractivity contribution in [1.29, 1.82) is 0 Å². The molecule has 0 saturated carbocycles. The number of nitrogens with zero attached hydrogens (tertiary/aromatic N) is 2. The van der Waals surface area contributed by atoms with Crippen LogP contribution in [0.25, 0.3) is 11.0 Å². The van der Waals surface area contributed by atoms with Crippen molar-refractivity contribution >= 4 is 32.9 Å². The number of fused-ring (bicyclic) bond motifs is 1. The molecule has 0 spiro atoms. The Kier molecular flexibility index (Phi) is 6.58. The van der Waals surface area contributed by atoms with Gasteiger partial charge in [0.25, 0.3) is 0 Å². The van der Waals surface area contributed by atoms with Crippen molar-refractivity contribution < 1.29 is 13.2 Å². The lowest BCUT2D eigenvalue weighted by atomic mass is 10.0. The molecule has 0 radical (unpaired) electrons. The van der Waals surface area contributed by atoms with Gasteiger partial charge in [-0.15, -0.1) is 0 Å². The first kappa shape index (κ1) is 22.0. The molecule has 0 bridgehead atoms. The third kappa shape index (κ3) is 4.88. The lowest BCUT2D eigenvalue weighted by molar-refractivity contribution is -0.118. The van der Waals surface area contributed by atoms with E-state index in [1.54, 1.807) is 24.3 Å². The maximum Gasteiger partial charge on any atom is 0.244 e. The monoisotopic (exact) mass is 428 g/mol. The van der Waals surface area contributed by atoms with E-state index < -0.39 is 22.0 Å². The first-order valence-electron chi connectivity index (χ1n) is 10.1.